The van der Waals surface area contributed by atoms with E-state index < -0.39 is 0 Å². The van der Waals surface area contributed by atoms with Crippen molar-refractivity contribution in [2.45, 2.75) is 26.7 Å². The van der Waals surface area contributed by atoms with Gasteiger partial charge in [0, 0.05) is 24.9 Å². The summed E-state index contributed by atoms with van der Waals surface area (Å²) < 4.78 is 1.75. The van der Waals surface area contributed by atoms with E-state index in [4.69, 9.17) is 11.6 Å². The fourth-order valence-electron chi connectivity index (χ4n) is 2.11. The Balaban J connectivity index is 2.22. The highest BCUT2D eigenvalue weighted by atomic mass is 35.5. The second-order valence-corrected chi connectivity index (χ2v) is 5.19. The van der Waals surface area contributed by atoms with Gasteiger partial charge < -0.3 is 5.32 Å². The molecule has 0 amide bonds. The molecule has 0 radical (unpaired) electrons. The highest BCUT2D eigenvalue weighted by Gasteiger charge is 2.25. The number of nitrogens with zero attached hydrogens (tertiary/aromatic N) is 4. The van der Waals surface area contributed by atoms with Gasteiger partial charge in [0.05, 0.1) is 11.6 Å². The first-order valence-electron chi connectivity index (χ1n) is 6.58. The predicted molar refractivity (Wildman–Crippen MR) is 78.5 cm³/mol. The van der Waals surface area contributed by atoms with Crippen molar-refractivity contribution in [1.29, 1.82) is 0 Å². The van der Waals surface area contributed by atoms with Gasteiger partial charge in [-0.15, -0.1) is 11.6 Å². The molecule has 0 aromatic carbocycles. The maximum absolute atomic E-state index is 6.12. The molecule has 6 heteroatoms. The van der Waals surface area contributed by atoms with Gasteiger partial charge in [0.15, 0.2) is 5.65 Å². The van der Waals surface area contributed by atoms with Crippen LogP contribution >= 0.6 is 11.6 Å². The van der Waals surface area contributed by atoms with Crippen LogP contribution in [0.15, 0.2) is 12.5 Å². The number of anilines is 1. The summed E-state index contributed by atoms with van der Waals surface area (Å²) in [5.74, 6) is 1.48. The number of hydrogen-bond acceptors (Lipinski definition) is 4. The largest absolute Gasteiger partial charge is 0.369 e. The van der Waals surface area contributed by atoms with Crippen molar-refractivity contribution in [2.75, 3.05) is 17.7 Å². The Hall–Kier alpha value is -1.36. The summed E-state index contributed by atoms with van der Waals surface area (Å²) >= 11 is 6.12. The highest BCUT2D eigenvalue weighted by molar-refractivity contribution is 6.18. The summed E-state index contributed by atoms with van der Waals surface area (Å²) in [7, 11) is 1.88. The zero-order valence-electron chi connectivity index (χ0n) is 11.6. The molecular formula is C13H20ClN5. The molecule has 0 saturated carbocycles. The second-order valence-electron chi connectivity index (χ2n) is 4.92. The van der Waals surface area contributed by atoms with Crippen LogP contribution in [0.2, 0.25) is 0 Å². The van der Waals surface area contributed by atoms with Crippen LogP contribution in [0.5, 0.6) is 0 Å². The summed E-state index contributed by atoms with van der Waals surface area (Å²) in [6.45, 7) is 5.16. The number of aryl methyl sites for hydroxylation is 1. The van der Waals surface area contributed by atoms with Crippen molar-refractivity contribution < 1.29 is 0 Å². The zero-order valence-corrected chi connectivity index (χ0v) is 12.4. The molecule has 0 unspecified atom stereocenters. The van der Waals surface area contributed by atoms with E-state index in [1.165, 1.54) is 0 Å². The van der Waals surface area contributed by atoms with E-state index >= 15 is 0 Å². The van der Waals surface area contributed by atoms with Crippen molar-refractivity contribution in [3.63, 3.8) is 0 Å². The van der Waals surface area contributed by atoms with Gasteiger partial charge in [-0.3, -0.25) is 4.68 Å². The second kappa shape index (κ2) is 5.74. The van der Waals surface area contributed by atoms with Crippen LogP contribution in [-0.4, -0.2) is 32.2 Å². The molecule has 2 heterocycles. The van der Waals surface area contributed by atoms with Crippen molar-refractivity contribution in [1.82, 2.24) is 19.7 Å². The predicted octanol–water partition coefficient (Wildman–Crippen LogP) is 2.82. The van der Waals surface area contributed by atoms with Crippen molar-refractivity contribution in [3.8, 4) is 0 Å². The quantitative estimate of drug-likeness (QED) is 0.827. The average molecular weight is 282 g/mol. The molecule has 104 valence electrons. The van der Waals surface area contributed by atoms with E-state index in [2.05, 4.69) is 34.2 Å². The molecule has 2 aromatic rings. The number of alkyl halides is 1. The molecule has 0 fully saturated rings. The third-order valence-corrected chi connectivity index (χ3v) is 4.51. The summed E-state index contributed by atoms with van der Waals surface area (Å²) in [5.41, 5.74) is 0.947. The molecule has 0 bridgehead atoms. The number of fused-ring (bicyclic) bond motifs is 1. The number of aromatic nitrogens is 4. The summed E-state index contributed by atoms with van der Waals surface area (Å²) in [6, 6.07) is 0. The van der Waals surface area contributed by atoms with Crippen LogP contribution in [0, 0.1) is 5.41 Å². The normalized spacial score (nSPS) is 12.0. The molecule has 2 aromatic heterocycles. The van der Waals surface area contributed by atoms with E-state index in [-0.39, 0.29) is 5.41 Å². The van der Waals surface area contributed by atoms with Crippen molar-refractivity contribution >= 4 is 28.5 Å². The molecule has 0 atom stereocenters. The SMILES string of the molecule is CCC(CC)(CCl)CNc1ncnc2c1cnn2C. The van der Waals surface area contributed by atoms with E-state index in [0.717, 1.165) is 36.2 Å². The third-order valence-electron chi connectivity index (χ3n) is 3.94. The summed E-state index contributed by atoms with van der Waals surface area (Å²) in [6.07, 6.45) is 5.44. The van der Waals surface area contributed by atoms with Gasteiger partial charge in [-0.1, -0.05) is 13.8 Å². The lowest BCUT2D eigenvalue weighted by Crippen LogP contribution is -2.30. The first-order chi connectivity index (χ1) is 9.15. The van der Waals surface area contributed by atoms with Crippen molar-refractivity contribution in [2.24, 2.45) is 12.5 Å². The molecular weight excluding hydrogens is 262 g/mol. The van der Waals surface area contributed by atoms with Crippen LogP contribution in [-0.2, 0) is 7.05 Å². The lowest BCUT2D eigenvalue weighted by Gasteiger charge is -2.29. The maximum Gasteiger partial charge on any atom is 0.163 e. The first kappa shape index (κ1) is 14.1. The monoisotopic (exact) mass is 281 g/mol. The summed E-state index contributed by atoms with van der Waals surface area (Å²) in [5, 5.41) is 8.56. The Bertz CT molecular complexity index is 539. The Morgan fingerprint density at radius 1 is 1.32 bits per heavy atom. The zero-order chi connectivity index (χ0) is 13.9. The van der Waals surface area contributed by atoms with E-state index in [1.807, 2.05) is 7.05 Å². The number of nitrogens with one attached hydrogen (secondary N) is 1. The highest BCUT2D eigenvalue weighted by Crippen LogP contribution is 2.29. The number of hydrogen-bond donors (Lipinski definition) is 1. The van der Waals surface area contributed by atoms with Gasteiger partial charge in [0.25, 0.3) is 0 Å². The standard InChI is InChI=1S/C13H20ClN5/c1-4-13(5-2,7-14)8-15-11-10-6-18-19(3)12(10)17-9-16-11/h6,9H,4-5,7-8H2,1-3H3,(H,15,16,17). The number of halogens is 1. The first-order valence-corrected chi connectivity index (χ1v) is 7.12. The van der Waals surface area contributed by atoms with E-state index in [1.54, 1.807) is 17.2 Å². The van der Waals surface area contributed by atoms with Gasteiger partial charge in [-0.2, -0.15) is 5.10 Å². The van der Waals surface area contributed by atoms with Gasteiger partial charge in [0.2, 0.25) is 0 Å². The minimum absolute atomic E-state index is 0.112. The van der Waals surface area contributed by atoms with Gasteiger partial charge in [-0.05, 0) is 12.8 Å². The molecule has 2 rings (SSSR count). The molecule has 0 spiro atoms. The fraction of sp³-hybridized carbons (Fsp3) is 0.615. The molecule has 0 saturated heterocycles. The van der Waals surface area contributed by atoms with Crippen LogP contribution in [0.1, 0.15) is 26.7 Å². The van der Waals surface area contributed by atoms with E-state index in [0.29, 0.717) is 5.88 Å². The molecule has 0 aliphatic rings. The molecule has 0 aliphatic heterocycles. The molecule has 1 N–H and O–H groups in total. The Kier molecular flexibility index (Phi) is 4.24. The van der Waals surface area contributed by atoms with Gasteiger partial charge >= 0.3 is 0 Å². The minimum atomic E-state index is 0.112. The molecule has 19 heavy (non-hydrogen) atoms. The number of rotatable bonds is 6. The van der Waals surface area contributed by atoms with Crippen LogP contribution in [0.25, 0.3) is 11.0 Å². The van der Waals surface area contributed by atoms with Gasteiger partial charge in [0.1, 0.15) is 12.1 Å². The lowest BCUT2D eigenvalue weighted by molar-refractivity contribution is 0.326. The molecule has 0 aliphatic carbocycles. The van der Waals surface area contributed by atoms with E-state index in [9.17, 15) is 0 Å². The Labute approximate surface area is 118 Å². The maximum atomic E-state index is 6.12. The minimum Gasteiger partial charge on any atom is -0.369 e. The fourth-order valence-corrected chi connectivity index (χ4v) is 2.58. The Morgan fingerprint density at radius 3 is 2.68 bits per heavy atom. The third kappa shape index (κ3) is 2.66. The summed E-state index contributed by atoms with van der Waals surface area (Å²) in [4.78, 5) is 8.54. The van der Waals surface area contributed by atoms with Crippen LogP contribution in [0.3, 0.4) is 0 Å². The molecule has 5 nitrogen and oxygen atoms in total. The smallest absolute Gasteiger partial charge is 0.163 e. The average Bonchev–Trinajstić information content (AvgIpc) is 2.84. The van der Waals surface area contributed by atoms with Crippen molar-refractivity contribution in [3.05, 3.63) is 12.5 Å². The Morgan fingerprint density at radius 2 is 2.05 bits per heavy atom. The van der Waals surface area contributed by atoms with Crippen LogP contribution in [0.4, 0.5) is 5.82 Å². The lowest BCUT2D eigenvalue weighted by atomic mass is 9.84. The van der Waals surface area contributed by atoms with Crippen LogP contribution < -0.4 is 5.32 Å². The van der Waals surface area contributed by atoms with Gasteiger partial charge in [-0.25, -0.2) is 9.97 Å². The topological polar surface area (TPSA) is 55.6 Å².